The van der Waals surface area contributed by atoms with Crippen LogP contribution >= 0.6 is 0 Å². The number of hydrogen-bond acceptors (Lipinski definition) is 10. The first kappa shape index (κ1) is 22.5. The molecule has 10 heteroatoms. The smallest absolute Gasteiger partial charge is 0.225 e. The third kappa shape index (κ3) is 8.14. The monoisotopic (exact) mass is 380 g/mol. The van der Waals surface area contributed by atoms with Crippen LogP contribution < -0.4 is 21.3 Å². The fourth-order valence-corrected chi connectivity index (χ4v) is 2.15. The van der Waals surface area contributed by atoms with Crippen LogP contribution in [0.2, 0.25) is 0 Å². The Bertz CT molecular complexity index is 576. The first-order valence-electron chi connectivity index (χ1n) is 9.45. The van der Waals surface area contributed by atoms with Crippen LogP contribution in [0.4, 0.5) is 0 Å². The van der Waals surface area contributed by atoms with Crippen molar-refractivity contribution in [1.82, 2.24) is 31.1 Å². The molecule has 0 saturated heterocycles. The van der Waals surface area contributed by atoms with Gasteiger partial charge in [0.25, 0.3) is 0 Å². The quantitative estimate of drug-likeness (QED) is 0.551. The molecule has 0 aromatic heterocycles. The molecule has 27 heavy (non-hydrogen) atoms. The van der Waals surface area contributed by atoms with Gasteiger partial charge in [0.15, 0.2) is 0 Å². The summed E-state index contributed by atoms with van der Waals surface area (Å²) in [5, 5.41) is 12.6. The molecular formula is C17H36N10. The second kappa shape index (κ2) is 11.2. The molecular weight excluding hydrogens is 344 g/mol. The minimum Gasteiger partial charge on any atom is -0.356 e. The van der Waals surface area contributed by atoms with Crippen LogP contribution in [0.15, 0.2) is 20.0 Å². The van der Waals surface area contributed by atoms with E-state index in [4.69, 9.17) is 0 Å². The highest BCUT2D eigenvalue weighted by Crippen LogP contribution is 1.98. The van der Waals surface area contributed by atoms with E-state index in [1.54, 1.807) is 0 Å². The van der Waals surface area contributed by atoms with Gasteiger partial charge in [0.2, 0.25) is 23.8 Å². The lowest BCUT2D eigenvalue weighted by Crippen LogP contribution is -2.46. The van der Waals surface area contributed by atoms with Gasteiger partial charge in [-0.1, -0.05) is 6.92 Å². The van der Waals surface area contributed by atoms with Crippen molar-refractivity contribution < 1.29 is 0 Å². The molecule has 2 atom stereocenters. The number of rotatable bonds is 3. The van der Waals surface area contributed by atoms with Crippen molar-refractivity contribution in [3.63, 3.8) is 0 Å². The molecule has 0 bridgehead atoms. The average molecular weight is 381 g/mol. The molecule has 0 aromatic rings. The summed E-state index contributed by atoms with van der Waals surface area (Å²) in [5.41, 5.74) is 0. The van der Waals surface area contributed by atoms with Gasteiger partial charge < -0.3 is 31.1 Å². The number of guanidine groups is 4. The summed E-state index contributed by atoms with van der Waals surface area (Å²) < 4.78 is 0. The fourth-order valence-electron chi connectivity index (χ4n) is 2.15. The molecule has 0 spiro atoms. The second-order valence-corrected chi connectivity index (χ2v) is 6.67. The van der Waals surface area contributed by atoms with Crippen molar-refractivity contribution >= 4 is 23.8 Å². The first-order chi connectivity index (χ1) is 12.8. The zero-order valence-corrected chi connectivity index (χ0v) is 18.0. The van der Waals surface area contributed by atoms with Gasteiger partial charge in [0, 0.05) is 41.3 Å². The highest BCUT2D eigenvalue weighted by atomic mass is 15.4. The maximum atomic E-state index is 4.34. The minimum absolute atomic E-state index is 0.0870. The third-order valence-electron chi connectivity index (χ3n) is 3.42. The van der Waals surface area contributed by atoms with E-state index in [1.807, 2.05) is 58.8 Å². The molecule has 0 aromatic carbocycles. The molecule has 2 heterocycles. The highest BCUT2D eigenvalue weighted by molar-refractivity contribution is 5.97. The maximum Gasteiger partial charge on any atom is 0.225 e. The van der Waals surface area contributed by atoms with Crippen LogP contribution in [-0.2, 0) is 0 Å². The lowest BCUT2D eigenvalue weighted by Gasteiger charge is -2.23. The van der Waals surface area contributed by atoms with Crippen LogP contribution in [-0.4, -0.2) is 87.2 Å². The molecule has 2 rings (SSSR count). The van der Waals surface area contributed by atoms with Crippen LogP contribution in [0.3, 0.4) is 0 Å². The van der Waals surface area contributed by atoms with Gasteiger partial charge in [-0.15, -0.1) is 0 Å². The Labute approximate surface area is 163 Å². The van der Waals surface area contributed by atoms with E-state index in [0.717, 1.165) is 43.3 Å². The predicted octanol–water partition coefficient (Wildman–Crippen LogP) is 0.0275. The lowest BCUT2D eigenvalue weighted by molar-refractivity contribution is 0.573. The SMILES string of the molecule is CCCNC1=NC(N(C)C)=NC(C)N1.CCNC1=NC(N(C)C)=NC(C)N1. The highest BCUT2D eigenvalue weighted by Gasteiger charge is 2.14. The fraction of sp³-hybridized carbons (Fsp3) is 0.765. The Kier molecular flexibility index (Phi) is 9.38. The summed E-state index contributed by atoms with van der Waals surface area (Å²) in [6, 6.07) is 0. The van der Waals surface area contributed by atoms with Crippen LogP contribution in [0.5, 0.6) is 0 Å². The summed E-state index contributed by atoms with van der Waals surface area (Å²) in [6.45, 7) is 9.95. The largest absolute Gasteiger partial charge is 0.356 e. The first-order valence-corrected chi connectivity index (χ1v) is 9.45. The Morgan fingerprint density at radius 3 is 1.63 bits per heavy atom. The Morgan fingerprint density at radius 1 is 0.815 bits per heavy atom. The molecule has 0 amide bonds. The maximum absolute atomic E-state index is 4.34. The number of nitrogens with zero attached hydrogens (tertiary/aromatic N) is 6. The van der Waals surface area contributed by atoms with Gasteiger partial charge in [0.1, 0.15) is 12.3 Å². The van der Waals surface area contributed by atoms with Crippen LogP contribution in [0.1, 0.15) is 34.1 Å². The third-order valence-corrected chi connectivity index (χ3v) is 3.42. The predicted molar refractivity (Wildman–Crippen MR) is 114 cm³/mol. The molecule has 0 aliphatic carbocycles. The molecule has 2 aliphatic heterocycles. The van der Waals surface area contributed by atoms with Crippen molar-refractivity contribution in [1.29, 1.82) is 0 Å². The van der Waals surface area contributed by atoms with E-state index < -0.39 is 0 Å². The number of aliphatic imine (C=N–C) groups is 4. The Hall–Kier alpha value is -2.52. The van der Waals surface area contributed by atoms with Crippen molar-refractivity contribution in [2.24, 2.45) is 20.0 Å². The van der Waals surface area contributed by atoms with Crippen molar-refractivity contribution in [2.75, 3.05) is 41.3 Å². The number of hydrogen-bond donors (Lipinski definition) is 4. The summed E-state index contributed by atoms with van der Waals surface area (Å²) in [5.74, 6) is 3.13. The van der Waals surface area contributed by atoms with Gasteiger partial charge in [-0.3, -0.25) is 0 Å². The molecule has 10 nitrogen and oxygen atoms in total. The average Bonchev–Trinajstić information content (AvgIpc) is 2.59. The Morgan fingerprint density at radius 2 is 1.26 bits per heavy atom. The molecule has 154 valence electrons. The van der Waals surface area contributed by atoms with E-state index in [0.29, 0.717) is 0 Å². The van der Waals surface area contributed by atoms with Gasteiger partial charge in [0.05, 0.1) is 0 Å². The van der Waals surface area contributed by atoms with Gasteiger partial charge in [-0.25, -0.2) is 9.98 Å². The van der Waals surface area contributed by atoms with Crippen LogP contribution in [0, 0.1) is 0 Å². The zero-order chi connectivity index (χ0) is 20.4. The standard InChI is InChI=1S/C9H19N5.C8H17N5/c1-5-6-10-8-11-7(2)12-9(13-8)14(3)4;1-5-9-7-10-6(2)11-8(12-7)13(3)4/h7H,5-6H2,1-4H3,(H2,10,11,12,13);6H,5H2,1-4H3,(H2,9,10,11,12). The van der Waals surface area contributed by atoms with E-state index in [1.165, 1.54) is 0 Å². The minimum atomic E-state index is 0.0870. The van der Waals surface area contributed by atoms with Gasteiger partial charge >= 0.3 is 0 Å². The normalized spacial score (nSPS) is 21.0. The zero-order valence-electron chi connectivity index (χ0n) is 18.0. The van der Waals surface area contributed by atoms with Gasteiger partial charge in [-0.05, 0) is 27.2 Å². The van der Waals surface area contributed by atoms with E-state index in [2.05, 4.69) is 48.2 Å². The van der Waals surface area contributed by atoms with E-state index >= 15 is 0 Å². The number of nitrogens with one attached hydrogen (secondary N) is 4. The second-order valence-electron chi connectivity index (χ2n) is 6.67. The molecule has 0 fully saturated rings. The molecule has 2 unspecified atom stereocenters. The van der Waals surface area contributed by atoms with Crippen molar-refractivity contribution in [2.45, 2.75) is 46.4 Å². The lowest BCUT2D eigenvalue weighted by atomic mass is 10.5. The molecule has 4 N–H and O–H groups in total. The Balaban J connectivity index is 0.000000271. The van der Waals surface area contributed by atoms with Crippen molar-refractivity contribution in [3.8, 4) is 0 Å². The summed E-state index contributed by atoms with van der Waals surface area (Å²) in [4.78, 5) is 21.1. The van der Waals surface area contributed by atoms with Crippen LogP contribution in [0.25, 0.3) is 0 Å². The molecule has 0 saturated carbocycles. The summed E-state index contributed by atoms with van der Waals surface area (Å²) >= 11 is 0. The van der Waals surface area contributed by atoms with E-state index in [-0.39, 0.29) is 12.3 Å². The van der Waals surface area contributed by atoms with Gasteiger partial charge in [-0.2, -0.15) is 9.98 Å². The summed E-state index contributed by atoms with van der Waals surface area (Å²) in [7, 11) is 7.75. The van der Waals surface area contributed by atoms with Crippen molar-refractivity contribution in [3.05, 3.63) is 0 Å². The topological polar surface area (TPSA) is 104 Å². The molecule has 0 radical (unpaired) electrons. The van der Waals surface area contributed by atoms with E-state index in [9.17, 15) is 0 Å². The molecule has 2 aliphatic rings. The summed E-state index contributed by atoms with van der Waals surface area (Å²) in [6.07, 6.45) is 1.26.